The average Bonchev–Trinajstić information content (AvgIpc) is 3.07. The molecular formula is C18H23N3O3. The topological polar surface area (TPSA) is 76.4 Å². The van der Waals surface area contributed by atoms with Crippen LogP contribution in [-0.2, 0) is 11.3 Å². The van der Waals surface area contributed by atoms with Crippen molar-refractivity contribution in [2.45, 2.75) is 32.5 Å². The van der Waals surface area contributed by atoms with Crippen molar-refractivity contribution in [3.05, 3.63) is 53.9 Å². The fraction of sp³-hybridized carbons (Fsp3) is 0.333. The number of aliphatic hydroxyl groups is 1. The van der Waals surface area contributed by atoms with Gasteiger partial charge in [-0.3, -0.25) is 9.48 Å². The van der Waals surface area contributed by atoms with Crippen molar-refractivity contribution < 1.29 is 14.6 Å². The summed E-state index contributed by atoms with van der Waals surface area (Å²) in [6.45, 7) is 4.48. The van der Waals surface area contributed by atoms with Crippen LogP contribution in [0.3, 0.4) is 0 Å². The average molecular weight is 329 g/mol. The molecule has 1 heterocycles. The number of hydrogen-bond donors (Lipinski definition) is 2. The molecule has 2 unspecified atom stereocenters. The van der Waals surface area contributed by atoms with Crippen LogP contribution in [0, 0.1) is 0 Å². The summed E-state index contributed by atoms with van der Waals surface area (Å²) in [4.78, 5) is 12.0. The van der Waals surface area contributed by atoms with Crippen LogP contribution in [0.2, 0.25) is 0 Å². The minimum absolute atomic E-state index is 0.265. The molecule has 6 heteroatoms. The molecule has 128 valence electrons. The number of benzene rings is 1. The van der Waals surface area contributed by atoms with Crippen molar-refractivity contribution in [3.8, 4) is 5.75 Å². The highest BCUT2D eigenvalue weighted by Crippen LogP contribution is 2.20. The van der Waals surface area contributed by atoms with Gasteiger partial charge in [0.05, 0.1) is 24.9 Å². The number of carbonyl (C=O) groups is 1. The van der Waals surface area contributed by atoms with E-state index < -0.39 is 12.1 Å². The van der Waals surface area contributed by atoms with Crippen LogP contribution in [0.4, 0.5) is 0 Å². The maximum atomic E-state index is 12.0. The van der Waals surface area contributed by atoms with E-state index in [0.29, 0.717) is 0 Å². The summed E-state index contributed by atoms with van der Waals surface area (Å²) < 4.78 is 6.88. The third-order valence-corrected chi connectivity index (χ3v) is 3.76. The van der Waals surface area contributed by atoms with E-state index in [4.69, 9.17) is 4.74 Å². The van der Waals surface area contributed by atoms with E-state index in [9.17, 15) is 9.90 Å². The van der Waals surface area contributed by atoms with Crippen LogP contribution >= 0.6 is 0 Å². The summed E-state index contributed by atoms with van der Waals surface area (Å²) in [5.74, 6) is 0.456. The molecule has 0 fully saturated rings. The molecule has 0 aliphatic heterocycles. The zero-order valence-corrected chi connectivity index (χ0v) is 14.1. The van der Waals surface area contributed by atoms with Gasteiger partial charge >= 0.3 is 0 Å². The number of methoxy groups -OCH3 is 1. The fourth-order valence-corrected chi connectivity index (χ4v) is 2.35. The monoisotopic (exact) mass is 329 g/mol. The third kappa shape index (κ3) is 4.45. The van der Waals surface area contributed by atoms with Crippen LogP contribution in [0.1, 0.15) is 31.2 Å². The third-order valence-electron chi connectivity index (χ3n) is 3.76. The van der Waals surface area contributed by atoms with Gasteiger partial charge in [0.15, 0.2) is 0 Å². The van der Waals surface area contributed by atoms with Crippen molar-refractivity contribution in [2.75, 3.05) is 7.11 Å². The molecule has 6 nitrogen and oxygen atoms in total. The van der Waals surface area contributed by atoms with Gasteiger partial charge in [-0.1, -0.05) is 12.1 Å². The Bertz CT molecular complexity index is 692. The molecular weight excluding hydrogens is 306 g/mol. The van der Waals surface area contributed by atoms with E-state index in [1.54, 1.807) is 55.3 Å². The minimum Gasteiger partial charge on any atom is -0.497 e. The second kappa shape index (κ2) is 8.31. The Morgan fingerprint density at radius 1 is 1.38 bits per heavy atom. The number of ether oxygens (including phenoxy) is 1. The van der Waals surface area contributed by atoms with Crippen LogP contribution < -0.4 is 10.1 Å². The molecule has 0 spiro atoms. The Kier molecular flexibility index (Phi) is 6.14. The number of rotatable bonds is 7. The number of amides is 1. The van der Waals surface area contributed by atoms with Crippen LogP contribution in [0.5, 0.6) is 5.75 Å². The predicted molar refractivity (Wildman–Crippen MR) is 92.5 cm³/mol. The zero-order chi connectivity index (χ0) is 17.5. The van der Waals surface area contributed by atoms with E-state index in [2.05, 4.69) is 10.4 Å². The van der Waals surface area contributed by atoms with Gasteiger partial charge in [-0.05, 0) is 43.7 Å². The van der Waals surface area contributed by atoms with E-state index >= 15 is 0 Å². The molecule has 0 aliphatic carbocycles. The number of carbonyl (C=O) groups excluding carboxylic acids is 1. The van der Waals surface area contributed by atoms with Gasteiger partial charge in [0.1, 0.15) is 5.75 Å². The first-order chi connectivity index (χ1) is 11.5. The molecule has 2 N–H and O–H groups in total. The number of aromatic nitrogens is 2. The minimum atomic E-state index is -0.797. The predicted octanol–water partition coefficient (Wildman–Crippen LogP) is 2.16. The zero-order valence-electron chi connectivity index (χ0n) is 14.1. The molecule has 1 aromatic heterocycles. The van der Waals surface area contributed by atoms with E-state index in [0.717, 1.165) is 23.6 Å². The van der Waals surface area contributed by atoms with Crippen molar-refractivity contribution >= 4 is 12.0 Å². The Morgan fingerprint density at radius 2 is 2.08 bits per heavy atom. The Labute approximate surface area is 141 Å². The van der Waals surface area contributed by atoms with Gasteiger partial charge in [0.2, 0.25) is 5.91 Å². The maximum Gasteiger partial charge on any atom is 0.244 e. The fourth-order valence-electron chi connectivity index (χ4n) is 2.35. The quantitative estimate of drug-likeness (QED) is 0.763. The van der Waals surface area contributed by atoms with Crippen LogP contribution in [0.25, 0.3) is 6.08 Å². The molecule has 1 aromatic carbocycles. The first-order valence-corrected chi connectivity index (χ1v) is 7.87. The second-order valence-corrected chi connectivity index (χ2v) is 5.42. The molecule has 2 rings (SSSR count). The summed E-state index contributed by atoms with van der Waals surface area (Å²) >= 11 is 0. The molecule has 2 aromatic rings. The van der Waals surface area contributed by atoms with Gasteiger partial charge in [-0.2, -0.15) is 5.10 Å². The lowest BCUT2D eigenvalue weighted by molar-refractivity contribution is -0.117. The van der Waals surface area contributed by atoms with Crippen LogP contribution in [-0.4, -0.2) is 33.9 Å². The molecule has 0 saturated heterocycles. The Hall–Kier alpha value is -2.60. The summed E-state index contributed by atoms with van der Waals surface area (Å²) in [7, 11) is 1.59. The van der Waals surface area contributed by atoms with Crippen molar-refractivity contribution in [1.82, 2.24) is 15.1 Å². The lowest BCUT2D eigenvalue weighted by Gasteiger charge is -2.20. The molecule has 24 heavy (non-hydrogen) atoms. The molecule has 0 aliphatic rings. The second-order valence-electron chi connectivity index (χ2n) is 5.42. The summed E-state index contributed by atoms with van der Waals surface area (Å²) in [5, 5.41) is 17.3. The largest absolute Gasteiger partial charge is 0.497 e. The van der Waals surface area contributed by atoms with Gasteiger partial charge in [-0.25, -0.2) is 0 Å². The Morgan fingerprint density at radius 3 is 2.71 bits per heavy atom. The molecule has 1 amide bonds. The SMILES string of the molecule is CCn1nccc1/C=C/C(=O)NC(C)C(O)c1ccc(OC)cc1. The maximum absolute atomic E-state index is 12.0. The number of hydrogen-bond acceptors (Lipinski definition) is 4. The van der Waals surface area contributed by atoms with Crippen molar-refractivity contribution in [3.63, 3.8) is 0 Å². The standard InChI is InChI=1S/C18H23N3O3/c1-4-21-15(11-12-19-21)7-10-17(22)20-13(2)18(23)14-5-8-16(24-3)9-6-14/h5-13,18,23H,4H2,1-3H3,(H,20,22)/b10-7+. The normalized spacial score (nSPS) is 13.7. The van der Waals surface area contributed by atoms with Crippen molar-refractivity contribution in [1.29, 1.82) is 0 Å². The number of aryl methyl sites for hydroxylation is 1. The highest BCUT2D eigenvalue weighted by atomic mass is 16.5. The van der Waals surface area contributed by atoms with Crippen molar-refractivity contribution in [2.24, 2.45) is 0 Å². The van der Waals surface area contributed by atoms with E-state index in [-0.39, 0.29) is 5.91 Å². The Balaban J connectivity index is 1.94. The number of nitrogens with one attached hydrogen (secondary N) is 1. The smallest absolute Gasteiger partial charge is 0.244 e. The van der Waals surface area contributed by atoms with Gasteiger partial charge in [0.25, 0.3) is 0 Å². The molecule has 0 radical (unpaired) electrons. The molecule has 0 saturated carbocycles. The lowest BCUT2D eigenvalue weighted by atomic mass is 10.0. The summed E-state index contributed by atoms with van der Waals surface area (Å²) in [5.41, 5.74) is 1.58. The van der Waals surface area contributed by atoms with Crippen LogP contribution in [0.15, 0.2) is 42.6 Å². The van der Waals surface area contributed by atoms with Gasteiger partial charge in [-0.15, -0.1) is 0 Å². The first-order valence-electron chi connectivity index (χ1n) is 7.87. The number of aliphatic hydroxyl groups excluding tert-OH is 1. The highest BCUT2D eigenvalue weighted by molar-refractivity contribution is 5.91. The van der Waals surface area contributed by atoms with E-state index in [1.807, 2.05) is 13.0 Å². The summed E-state index contributed by atoms with van der Waals surface area (Å²) in [6.07, 6.45) is 4.05. The summed E-state index contributed by atoms with van der Waals surface area (Å²) in [6, 6.07) is 8.52. The van der Waals surface area contributed by atoms with Gasteiger partial charge < -0.3 is 15.2 Å². The number of nitrogens with zero attached hydrogens (tertiary/aromatic N) is 2. The molecule has 2 atom stereocenters. The van der Waals surface area contributed by atoms with E-state index in [1.165, 1.54) is 6.08 Å². The lowest BCUT2D eigenvalue weighted by Crippen LogP contribution is -2.36. The highest BCUT2D eigenvalue weighted by Gasteiger charge is 2.17. The molecule has 0 bridgehead atoms. The first kappa shape index (κ1) is 17.7. The van der Waals surface area contributed by atoms with Gasteiger partial charge in [0, 0.05) is 18.8 Å².